The summed E-state index contributed by atoms with van der Waals surface area (Å²) in [6, 6.07) is 8.10. The molecule has 0 bridgehead atoms. The molecule has 0 unspecified atom stereocenters. The number of aromatic nitrogens is 2. The lowest BCUT2D eigenvalue weighted by Crippen LogP contribution is -2.01. The maximum absolute atomic E-state index is 12.6. The van der Waals surface area contributed by atoms with E-state index in [1.165, 1.54) is 10.6 Å². The first-order valence-corrected chi connectivity index (χ1v) is 8.45. The predicted octanol–water partition coefficient (Wildman–Crippen LogP) is 4.02. The van der Waals surface area contributed by atoms with Crippen molar-refractivity contribution in [1.82, 2.24) is 9.55 Å². The second-order valence-corrected chi connectivity index (χ2v) is 6.64. The average molecular weight is 363 g/mol. The van der Waals surface area contributed by atoms with Crippen LogP contribution >= 0.6 is 0 Å². The number of amides is 1. The van der Waals surface area contributed by atoms with Gasteiger partial charge in [0.05, 0.1) is 5.56 Å². The van der Waals surface area contributed by atoms with Gasteiger partial charge in [0, 0.05) is 28.1 Å². The first kappa shape index (κ1) is 16.9. The number of aryl methyl sites for hydroxylation is 1. The Morgan fingerprint density at radius 3 is 2.56 bits per heavy atom. The van der Waals surface area contributed by atoms with E-state index in [2.05, 4.69) is 20.2 Å². The third kappa shape index (κ3) is 2.66. The van der Waals surface area contributed by atoms with E-state index in [4.69, 9.17) is 0 Å². The molecule has 0 fully saturated rings. The maximum atomic E-state index is 12.6. The topological polar surface area (TPSA) is 112 Å². The minimum absolute atomic E-state index is 0.0391. The number of hydrogen-bond acceptors (Lipinski definition) is 5. The fourth-order valence-corrected chi connectivity index (χ4v) is 3.09. The van der Waals surface area contributed by atoms with Gasteiger partial charge in [0.2, 0.25) is 11.8 Å². The molecule has 4 rings (SSSR count). The van der Waals surface area contributed by atoms with Crippen molar-refractivity contribution in [2.75, 3.05) is 0 Å². The molecule has 1 aliphatic rings. The van der Waals surface area contributed by atoms with Crippen molar-refractivity contribution in [2.24, 2.45) is 15.2 Å². The number of benzene rings is 1. The van der Waals surface area contributed by atoms with Gasteiger partial charge >= 0.3 is 0 Å². The first-order valence-electron chi connectivity index (χ1n) is 8.45. The Morgan fingerprint density at radius 2 is 1.81 bits per heavy atom. The molecule has 0 aliphatic carbocycles. The maximum Gasteiger partial charge on any atom is 0.279 e. The van der Waals surface area contributed by atoms with Gasteiger partial charge in [-0.25, -0.2) is 4.98 Å². The normalized spacial score (nSPS) is 14.4. The van der Waals surface area contributed by atoms with Crippen LogP contribution in [0.4, 0.5) is 5.82 Å². The Balaban J connectivity index is 1.75. The summed E-state index contributed by atoms with van der Waals surface area (Å²) < 4.78 is 1.40. The fraction of sp³-hybridized carbons (Fsp3) is 0.211. The monoisotopic (exact) mass is 363 g/mol. The largest absolute Gasteiger partial charge is 0.494 e. The number of aromatic hydroxyl groups is 2. The van der Waals surface area contributed by atoms with Crippen LogP contribution in [0.3, 0.4) is 0 Å². The van der Waals surface area contributed by atoms with Gasteiger partial charge in [-0.15, -0.1) is 10.2 Å². The Morgan fingerprint density at radius 1 is 1.07 bits per heavy atom. The molecular formula is C19H17N5O3. The Kier molecular flexibility index (Phi) is 3.76. The summed E-state index contributed by atoms with van der Waals surface area (Å²) in [5.41, 5.74) is 1.67. The number of hydrogen-bond donors (Lipinski definition) is 2. The van der Waals surface area contributed by atoms with Crippen LogP contribution in [0.15, 0.2) is 45.6 Å². The van der Waals surface area contributed by atoms with E-state index in [0.717, 1.165) is 5.69 Å². The van der Waals surface area contributed by atoms with Crippen LogP contribution in [0.2, 0.25) is 0 Å². The number of rotatable bonds is 2. The molecular weight excluding hydrogens is 346 g/mol. The Labute approximate surface area is 154 Å². The lowest BCUT2D eigenvalue weighted by molar-refractivity contribution is 0.100. The van der Waals surface area contributed by atoms with Crippen LogP contribution in [0, 0.1) is 6.92 Å². The summed E-state index contributed by atoms with van der Waals surface area (Å²) in [6.07, 6.45) is 0. The summed E-state index contributed by atoms with van der Waals surface area (Å²) in [5.74, 6) is -0.00777. The second kappa shape index (κ2) is 6.01. The number of fused-ring (bicyclic) bond motifs is 2. The highest BCUT2D eigenvalue weighted by Crippen LogP contribution is 2.39. The number of nitrogens with zero attached hydrogens (tertiary/aromatic N) is 5. The standard InChI is InChI=1S/C19H17N5O3/c1-9(2)24-18(26)12-7-5-11(8-14(12)19(24)27)17(25)21-16-13-6-4-10(3)20-15(13)22-23-16/h4-9,26-27H,1-3H3. The smallest absolute Gasteiger partial charge is 0.279 e. The van der Waals surface area contributed by atoms with Crippen LogP contribution in [0.1, 0.15) is 41.5 Å². The van der Waals surface area contributed by atoms with Crippen LogP contribution < -0.4 is 0 Å². The molecule has 2 N–H and O–H groups in total. The molecule has 2 aromatic heterocycles. The highest BCUT2D eigenvalue weighted by molar-refractivity contribution is 6.13. The van der Waals surface area contributed by atoms with E-state index in [1.807, 2.05) is 20.8 Å². The predicted molar refractivity (Wildman–Crippen MR) is 100 cm³/mol. The van der Waals surface area contributed by atoms with Crippen LogP contribution in [-0.2, 0) is 0 Å². The fourth-order valence-electron chi connectivity index (χ4n) is 3.09. The van der Waals surface area contributed by atoms with Crippen molar-refractivity contribution in [3.8, 4) is 11.8 Å². The lowest BCUT2D eigenvalue weighted by atomic mass is 10.1. The van der Waals surface area contributed by atoms with Gasteiger partial charge in [-0.1, -0.05) is 0 Å². The van der Waals surface area contributed by atoms with E-state index in [-0.39, 0.29) is 29.2 Å². The third-order valence-electron chi connectivity index (χ3n) is 4.42. The van der Waals surface area contributed by atoms with Gasteiger partial charge in [-0.2, -0.15) is 4.99 Å². The van der Waals surface area contributed by atoms with Crippen LogP contribution in [0.25, 0.3) is 10.8 Å². The lowest BCUT2D eigenvalue weighted by Gasteiger charge is -2.09. The van der Waals surface area contributed by atoms with E-state index < -0.39 is 5.91 Å². The molecule has 0 saturated carbocycles. The number of amidine groups is 1. The molecule has 0 atom stereocenters. The molecule has 3 aromatic rings. The molecule has 8 nitrogen and oxygen atoms in total. The minimum Gasteiger partial charge on any atom is -0.494 e. The SMILES string of the molecule is Cc1ccc2c(n1)N=NC2=NC(=O)c1ccc2c(O)n(C(C)C)c(O)c2c1. The van der Waals surface area contributed by atoms with Gasteiger partial charge in [0.25, 0.3) is 5.91 Å². The number of carbonyl (C=O) groups excluding carboxylic acids is 1. The minimum atomic E-state index is -0.518. The van der Waals surface area contributed by atoms with E-state index in [1.54, 1.807) is 24.3 Å². The number of azo groups is 1. The van der Waals surface area contributed by atoms with Crippen molar-refractivity contribution in [2.45, 2.75) is 26.8 Å². The molecule has 0 radical (unpaired) electrons. The van der Waals surface area contributed by atoms with Gasteiger partial charge in [-0.05, 0) is 51.1 Å². The van der Waals surface area contributed by atoms with E-state index in [9.17, 15) is 15.0 Å². The van der Waals surface area contributed by atoms with Crippen molar-refractivity contribution >= 4 is 28.3 Å². The number of carbonyl (C=O) groups is 1. The van der Waals surface area contributed by atoms with E-state index in [0.29, 0.717) is 22.2 Å². The summed E-state index contributed by atoms with van der Waals surface area (Å²) in [5, 5.41) is 29.4. The summed E-state index contributed by atoms with van der Waals surface area (Å²) >= 11 is 0. The Hall–Kier alpha value is -3.55. The van der Waals surface area contributed by atoms with Crippen molar-refractivity contribution in [3.05, 3.63) is 47.2 Å². The van der Waals surface area contributed by atoms with E-state index >= 15 is 0 Å². The highest BCUT2D eigenvalue weighted by Gasteiger charge is 2.21. The zero-order chi connectivity index (χ0) is 19.3. The Bertz CT molecular complexity index is 1160. The summed E-state index contributed by atoms with van der Waals surface area (Å²) in [6.45, 7) is 5.53. The number of pyridine rings is 1. The zero-order valence-electron chi connectivity index (χ0n) is 15.0. The highest BCUT2D eigenvalue weighted by atomic mass is 16.3. The summed E-state index contributed by atoms with van der Waals surface area (Å²) in [7, 11) is 0. The molecule has 1 aromatic carbocycles. The van der Waals surface area contributed by atoms with Crippen LogP contribution in [-0.4, -0.2) is 31.5 Å². The molecule has 0 spiro atoms. The van der Waals surface area contributed by atoms with Gasteiger partial charge in [0.1, 0.15) is 0 Å². The third-order valence-corrected chi connectivity index (χ3v) is 4.42. The molecule has 1 aliphatic heterocycles. The molecule has 136 valence electrons. The molecule has 3 heterocycles. The molecule has 1 amide bonds. The van der Waals surface area contributed by atoms with Gasteiger partial charge < -0.3 is 10.2 Å². The van der Waals surface area contributed by atoms with Gasteiger partial charge in [0.15, 0.2) is 11.7 Å². The molecule has 27 heavy (non-hydrogen) atoms. The van der Waals surface area contributed by atoms with Crippen molar-refractivity contribution in [1.29, 1.82) is 0 Å². The zero-order valence-corrected chi connectivity index (χ0v) is 15.0. The van der Waals surface area contributed by atoms with Crippen molar-refractivity contribution < 1.29 is 15.0 Å². The van der Waals surface area contributed by atoms with Crippen molar-refractivity contribution in [3.63, 3.8) is 0 Å². The number of aliphatic imine (C=N–C) groups is 1. The summed E-state index contributed by atoms with van der Waals surface area (Å²) in [4.78, 5) is 20.9. The molecule has 0 saturated heterocycles. The first-order chi connectivity index (χ1) is 12.9. The quantitative estimate of drug-likeness (QED) is 0.716. The van der Waals surface area contributed by atoms with Crippen LogP contribution in [0.5, 0.6) is 11.8 Å². The second-order valence-electron chi connectivity index (χ2n) is 6.64. The van der Waals surface area contributed by atoms with Gasteiger partial charge in [-0.3, -0.25) is 9.36 Å². The molecule has 8 heteroatoms. The average Bonchev–Trinajstić information content (AvgIpc) is 3.13.